The Bertz CT molecular complexity index is 471. The van der Waals surface area contributed by atoms with Gasteiger partial charge in [-0.25, -0.2) is 0 Å². The fourth-order valence-corrected chi connectivity index (χ4v) is 3.19. The van der Waals surface area contributed by atoms with E-state index in [1.807, 2.05) is 19.1 Å². The lowest BCUT2D eigenvalue weighted by molar-refractivity contribution is -0.148. The quantitative estimate of drug-likeness (QED) is 0.868. The van der Waals surface area contributed by atoms with Crippen molar-refractivity contribution in [2.24, 2.45) is 5.41 Å². The highest BCUT2D eigenvalue weighted by molar-refractivity contribution is 5.75. The Hall–Kier alpha value is -1.55. The second kappa shape index (κ2) is 5.83. The number of carbonyl (C=O) groups is 1. The van der Waals surface area contributed by atoms with Gasteiger partial charge in [-0.2, -0.15) is 0 Å². The van der Waals surface area contributed by atoms with Gasteiger partial charge >= 0.3 is 5.97 Å². The molecule has 0 aliphatic carbocycles. The van der Waals surface area contributed by atoms with Crippen molar-refractivity contribution in [2.45, 2.75) is 39.2 Å². The molecule has 1 saturated heterocycles. The normalized spacial score (nSPS) is 24.7. The van der Waals surface area contributed by atoms with E-state index in [2.05, 4.69) is 11.8 Å². The number of nitrogens with zero attached hydrogens (tertiary/aromatic N) is 1. The first-order valence-electron chi connectivity index (χ1n) is 7.29. The van der Waals surface area contributed by atoms with E-state index in [-0.39, 0.29) is 11.8 Å². The maximum atomic E-state index is 11.5. The zero-order valence-corrected chi connectivity index (χ0v) is 12.2. The third-order valence-corrected chi connectivity index (χ3v) is 4.62. The van der Waals surface area contributed by atoms with Crippen LogP contribution in [0.15, 0.2) is 24.3 Å². The van der Waals surface area contributed by atoms with Crippen LogP contribution in [0.1, 0.15) is 44.7 Å². The van der Waals surface area contributed by atoms with E-state index in [0.717, 1.165) is 18.5 Å². The summed E-state index contributed by atoms with van der Waals surface area (Å²) >= 11 is 0. The minimum Gasteiger partial charge on any atom is -0.508 e. The highest BCUT2D eigenvalue weighted by Gasteiger charge is 2.44. The molecule has 1 heterocycles. The molecule has 2 unspecified atom stereocenters. The average molecular weight is 277 g/mol. The maximum absolute atomic E-state index is 11.5. The summed E-state index contributed by atoms with van der Waals surface area (Å²) in [7, 11) is 0. The second-order valence-electron chi connectivity index (χ2n) is 5.68. The van der Waals surface area contributed by atoms with Gasteiger partial charge in [0.05, 0.1) is 5.41 Å². The number of carboxylic acid groups (broad SMARTS) is 1. The molecule has 110 valence electrons. The number of phenols is 1. The summed E-state index contributed by atoms with van der Waals surface area (Å²) in [6.07, 6.45) is 2.32. The molecular weight excluding hydrogens is 254 g/mol. The molecule has 2 rings (SSSR count). The molecule has 1 fully saturated rings. The average Bonchev–Trinajstić information content (AvgIpc) is 2.87. The number of carboxylic acids is 1. The van der Waals surface area contributed by atoms with Gasteiger partial charge in [-0.15, -0.1) is 0 Å². The molecule has 1 aliphatic rings. The Morgan fingerprint density at radius 2 is 2.00 bits per heavy atom. The standard InChI is InChI=1S/C16H23NO3/c1-3-14(12-5-7-13(18)8-6-12)17-10-9-16(4-2,11-17)15(19)20/h5-8,14,18H,3-4,9-11H2,1-2H3,(H,19,20). The summed E-state index contributed by atoms with van der Waals surface area (Å²) in [5, 5.41) is 18.9. The van der Waals surface area contributed by atoms with Gasteiger partial charge in [0.15, 0.2) is 0 Å². The molecule has 4 heteroatoms. The van der Waals surface area contributed by atoms with E-state index in [9.17, 15) is 15.0 Å². The first-order valence-corrected chi connectivity index (χ1v) is 7.29. The molecule has 2 N–H and O–H groups in total. The molecule has 1 aliphatic heterocycles. The van der Waals surface area contributed by atoms with Crippen molar-refractivity contribution in [3.8, 4) is 5.75 Å². The lowest BCUT2D eigenvalue weighted by atomic mass is 9.84. The van der Waals surface area contributed by atoms with Gasteiger partial charge in [0.25, 0.3) is 0 Å². The maximum Gasteiger partial charge on any atom is 0.310 e. The third-order valence-electron chi connectivity index (χ3n) is 4.62. The number of phenolic OH excluding ortho intramolecular Hbond substituents is 1. The van der Waals surface area contributed by atoms with Gasteiger partial charge in [0.1, 0.15) is 5.75 Å². The van der Waals surface area contributed by atoms with Gasteiger partial charge in [-0.05, 0) is 43.5 Å². The number of hydrogen-bond donors (Lipinski definition) is 2. The Balaban J connectivity index is 2.18. The van der Waals surface area contributed by atoms with Crippen molar-refractivity contribution in [2.75, 3.05) is 13.1 Å². The second-order valence-corrected chi connectivity index (χ2v) is 5.68. The molecule has 0 aromatic heterocycles. The number of benzene rings is 1. The molecule has 2 atom stereocenters. The molecule has 0 saturated carbocycles. The molecule has 0 spiro atoms. The number of aliphatic carboxylic acids is 1. The van der Waals surface area contributed by atoms with Crippen LogP contribution in [0.25, 0.3) is 0 Å². The van der Waals surface area contributed by atoms with Gasteiger partial charge in [-0.1, -0.05) is 26.0 Å². The van der Waals surface area contributed by atoms with Crippen molar-refractivity contribution in [3.63, 3.8) is 0 Å². The van der Waals surface area contributed by atoms with Crippen LogP contribution in [0.4, 0.5) is 0 Å². The van der Waals surface area contributed by atoms with E-state index >= 15 is 0 Å². The lowest BCUT2D eigenvalue weighted by Gasteiger charge is -2.29. The van der Waals surface area contributed by atoms with Crippen LogP contribution in [0, 0.1) is 5.41 Å². The first kappa shape index (κ1) is 14.9. The van der Waals surface area contributed by atoms with Crippen LogP contribution < -0.4 is 0 Å². The van der Waals surface area contributed by atoms with E-state index in [4.69, 9.17) is 0 Å². The van der Waals surface area contributed by atoms with Crippen molar-refractivity contribution in [1.82, 2.24) is 4.90 Å². The van der Waals surface area contributed by atoms with Crippen molar-refractivity contribution < 1.29 is 15.0 Å². The summed E-state index contributed by atoms with van der Waals surface area (Å²) in [5.74, 6) is -0.415. The van der Waals surface area contributed by atoms with Crippen LogP contribution in [-0.4, -0.2) is 34.2 Å². The zero-order valence-electron chi connectivity index (χ0n) is 12.2. The SMILES string of the molecule is CCC(c1ccc(O)cc1)N1CCC(CC)(C(=O)O)C1. The molecule has 20 heavy (non-hydrogen) atoms. The van der Waals surface area contributed by atoms with Crippen molar-refractivity contribution >= 4 is 5.97 Å². The Labute approximate surface area is 120 Å². The first-order chi connectivity index (χ1) is 9.52. The Morgan fingerprint density at radius 1 is 1.35 bits per heavy atom. The van der Waals surface area contributed by atoms with Crippen LogP contribution in [0.5, 0.6) is 5.75 Å². The summed E-state index contributed by atoms with van der Waals surface area (Å²) in [5.41, 5.74) is 0.548. The monoisotopic (exact) mass is 277 g/mol. The molecule has 4 nitrogen and oxygen atoms in total. The molecule has 1 aromatic carbocycles. The van der Waals surface area contributed by atoms with Gasteiger partial charge in [-0.3, -0.25) is 9.69 Å². The summed E-state index contributed by atoms with van der Waals surface area (Å²) < 4.78 is 0. The van der Waals surface area contributed by atoms with Crippen LogP contribution in [-0.2, 0) is 4.79 Å². The fourth-order valence-electron chi connectivity index (χ4n) is 3.19. The Kier molecular flexibility index (Phi) is 4.33. The minimum atomic E-state index is -0.678. The molecule has 0 bridgehead atoms. The number of aromatic hydroxyl groups is 1. The summed E-state index contributed by atoms with van der Waals surface area (Å²) in [6.45, 7) is 5.50. The van der Waals surface area contributed by atoms with Gasteiger partial charge in [0, 0.05) is 12.6 Å². The smallest absolute Gasteiger partial charge is 0.310 e. The van der Waals surface area contributed by atoms with Gasteiger partial charge in [0.2, 0.25) is 0 Å². The largest absolute Gasteiger partial charge is 0.508 e. The number of rotatable bonds is 5. The van der Waals surface area contributed by atoms with E-state index in [1.165, 1.54) is 0 Å². The predicted molar refractivity (Wildman–Crippen MR) is 77.7 cm³/mol. The summed E-state index contributed by atoms with van der Waals surface area (Å²) in [6, 6.07) is 7.46. The Morgan fingerprint density at radius 3 is 2.45 bits per heavy atom. The van der Waals surface area contributed by atoms with E-state index in [1.54, 1.807) is 12.1 Å². The van der Waals surface area contributed by atoms with Gasteiger partial charge < -0.3 is 10.2 Å². The fraction of sp³-hybridized carbons (Fsp3) is 0.562. The molecule has 0 radical (unpaired) electrons. The minimum absolute atomic E-state index is 0.225. The van der Waals surface area contributed by atoms with Crippen molar-refractivity contribution in [3.05, 3.63) is 29.8 Å². The third kappa shape index (κ3) is 2.66. The highest BCUT2D eigenvalue weighted by atomic mass is 16.4. The van der Waals surface area contributed by atoms with E-state index < -0.39 is 11.4 Å². The van der Waals surface area contributed by atoms with Crippen LogP contribution >= 0.6 is 0 Å². The predicted octanol–water partition coefficient (Wildman–Crippen LogP) is 3.03. The van der Waals surface area contributed by atoms with Crippen LogP contribution in [0.2, 0.25) is 0 Å². The summed E-state index contributed by atoms with van der Waals surface area (Å²) in [4.78, 5) is 13.8. The van der Waals surface area contributed by atoms with E-state index in [0.29, 0.717) is 19.4 Å². The zero-order chi connectivity index (χ0) is 14.8. The number of hydrogen-bond acceptors (Lipinski definition) is 3. The van der Waals surface area contributed by atoms with Crippen molar-refractivity contribution in [1.29, 1.82) is 0 Å². The topological polar surface area (TPSA) is 60.8 Å². The van der Waals surface area contributed by atoms with Crippen LogP contribution in [0.3, 0.4) is 0 Å². The number of likely N-dealkylation sites (tertiary alicyclic amines) is 1. The molecule has 0 amide bonds. The molecule has 1 aromatic rings. The molecular formula is C16H23NO3. The highest BCUT2D eigenvalue weighted by Crippen LogP contribution is 2.39. The lowest BCUT2D eigenvalue weighted by Crippen LogP contribution is -2.35.